The van der Waals surface area contributed by atoms with Gasteiger partial charge in [0.25, 0.3) is 0 Å². The molecular weight excluding hydrogens is 272 g/mol. The summed E-state index contributed by atoms with van der Waals surface area (Å²) in [6.07, 6.45) is 0. The fraction of sp³-hybridized carbons (Fsp3) is 0.294. The van der Waals surface area contributed by atoms with Gasteiger partial charge in [0, 0.05) is 12.1 Å². The Morgan fingerprint density at radius 2 is 1.90 bits per heavy atom. The monoisotopic (exact) mass is 291 g/mol. The molecule has 112 valence electrons. The van der Waals surface area contributed by atoms with Crippen LogP contribution < -0.4 is 10.1 Å². The summed E-state index contributed by atoms with van der Waals surface area (Å²) in [6, 6.07) is 9.36. The zero-order chi connectivity index (χ0) is 15.2. The first kappa shape index (κ1) is 15.4. The lowest BCUT2D eigenvalue weighted by Gasteiger charge is -2.14. The number of rotatable bonds is 6. The standard InChI is InChI=1S/C17H19F2NO/c1-3-20-10-13-5-4-6-16(19)17(13)21-11-14-7-8-15(18)9-12(14)2/h4-9,20H,3,10-11H2,1-2H3. The van der Waals surface area contributed by atoms with Crippen molar-refractivity contribution in [2.24, 2.45) is 0 Å². The van der Waals surface area contributed by atoms with E-state index in [9.17, 15) is 8.78 Å². The largest absolute Gasteiger partial charge is 0.485 e. The van der Waals surface area contributed by atoms with E-state index in [0.717, 1.165) is 23.2 Å². The number of nitrogens with one attached hydrogen (secondary N) is 1. The van der Waals surface area contributed by atoms with Crippen LogP contribution in [0.3, 0.4) is 0 Å². The molecule has 0 aromatic heterocycles. The highest BCUT2D eigenvalue weighted by molar-refractivity contribution is 5.35. The highest BCUT2D eigenvalue weighted by Crippen LogP contribution is 2.24. The van der Waals surface area contributed by atoms with Crippen LogP contribution in [0.1, 0.15) is 23.6 Å². The van der Waals surface area contributed by atoms with E-state index in [1.54, 1.807) is 12.1 Å². The third kappa shape index (κ3) is 4.02. The van der Waals surface area contributed by atoms with Gasteiger partial charge < -0.3 is 10.1 Å². The topological polar surface area (TPSA) is 21.3 Å². The minimum absolute atomic E-state index is 0.214. The second kappa shape index (κ2) is 7.18. The molecule has 0 saturated carbocycles. The number of ether oxygens (including phenoxy) is 1. The first-order chi connectivity index (χ1) is 10.1. The molecule has 2 aromatic rings. The van der Waals surface area contributed by atoms with E-state index in [0.29, 0.717) is 6.54 Å². The first-order valence-electron chi connectivity index (χ1n) is 6.97. The van der Waals surface area contributed by atoms with E-state index in [-0.39, 0.29) is 24.0 Å². The van der Waals surface area contributed by atoms with E-state index >= 15 is 0 Å². The van der Waals surface area contributed by atoms with E-state index in [4.69, 9.17) is 4.74 Å². The van der Waals surface area contributed by atoms with Crippen LogP contribution in [0.25, 0.3) is 0 Å². The highest BCUT2D eigenvalue weighted by Gasteiger charge is 2.10. The third-order valence-electron chi connectivity index (χ3n) is 3.29. The molecule has 2 rings (SSSR count). The third-order valence-corrected chi connectivity index (χ3v) is 3.29. The van der Waals surface area contributed by atoms with Gasteiger partial charge in [0.2, 0.25) is 0 Å². The second-order valence-electron chi connectivity index (χ2n) is 4.87. The summed E-state index contributed by atoms with van der Waals surface area (Å²) in [5.74, 6) is -0.415. The predicted octanol–water partition coefficient (Wildman–Crippen LogP) is 3.96. The van der Waals surface area contributed by atoms with Gasteiger partial charge in [-0.05, 0) is 42.8 Å². The minimum Gasteiger partial charge on any atom is -0.485 e. The van der Waals surface area contributed by atoms with E-state index in [1.165, 1.54) is 18.2 Å². The average Bonchev–Trinajstić information content (AvgIpc) is 2.45. The van der Waals surface area contributed by atoms with E-state index in [1.807, 2.05) is 19.9 Å². The van der Waals surface area contributed by atoms with Gasteiger partial charge in [-0.25, -0.2) is 8.78 Å². The summed E-state index contributed by atoms with van der Waals surface area (Å²) in [5, 5.41) is 3.15. The van der Waals surface area contributed by atoms with Crippen molar-refractivity contribution < 1.29 is 13.5 Å². The zero-order valence-corrected chi connectivity index (χ0v) is 12.2. The molecular formula is C17H19F2NO. The fourth-order valence-corrected chi connectivity index (χ4v) is 2.09. The van der Waals surface area contributed by atoms with Crippen molar-refractivity contribution in [3.05, 3.63) is 64.7 Å². The highest BCUT2D eigenvalue weighted by atomic mass is 19.1. The van der Waals surface area contributed by atoms with Gasteiger partial charge in [-0.3, -0.25) is 0 Å². The maximum Gasteiger partial charge on any atom is 0.165 e. The van der Waals surface area contributed by atoms with Crippen molar-refractivity contribution in [2.45, 2.75) is 27.0 Å². The molecule has 0 unspecified atom stereocenters. The molecule has 4 heteroatoms. The zero-order valence-electron chi connectivity index (χ0n) is 12.2. The minimum atomic E-state index is -0.384. The molecule has 0 aliphatic heterocycles. The van der Waals surface area contributed by atoms with Crippen LogP contribution in [0, 0.1) is 18.6 Å². The van der Waals surface area contributed by atoms with Crippen molar-refractivity contribution in [2.75, 3.05) is 6.54 Å². The Morgan fingerprint density at radius 1 is 1.10 bits per heavy atom. The smallest absolute Gasteiger partial charge is 0.165 e. The van der Waals surface area contributed by atoms with Crippen molar-refractivity contribution in [3.8, 4) is 5.75 Å². The molecule has 0 aliphatic rings. The van der Waals surface area contributed by atoms with Crippen LogP contribution in [-0.4, -0.2) is 6.54 Å². The Hall–Kier alpha value is -1.94. The number of hydrogen-bond donors (Lipinski definition) is 1. The van der Waals surface area contributed by atoms with E-state index < -0.39 is 0 Å². The number of para-hydroxylation sites is 1. The maximum absolute atomic E-state index is 13.9. The normalized spacial score (nSPS) is 10.7. The summed E-state index contributed by atoms with van der Waals surface area (Å²) in [7, 11) is 0. The number of hydrogen-bond acceptors (Lipinski definition) is 2. The Balaban J connectivity index is 2.15. The Labute approximate surface area is 123 Å². The van der Waals surface area contributed by atoms with Crippen molar-refractivity contribution in [1.82, 2.24) is 5.32 Å². The molecule has 0 radical (unpaired) electrons. The predicted molar refractivity (Wildman–Crippen MR) is 79.2 cm³/mol. The number of halogens is 2. The lowest BCUT2D eigenvalue weighted by atomic mass is 10.1. The molecule has 0 fully saturated rings. The van der Waals surface area contributed by atoms with Gasteiger partial charge in [0.1, 0.15) is 12.4 Å². The van der Waals surface area contributed by atoms with Crippen molar-refractivity contribution in [3.63, 3.8) is 0 Å². The molecule has 0 saturated heterocycles. The van der Waals surface area contributed by atoms with E-state index in [2.05, 4.69) is 5.32 Å². The molecule has 0 atom stereocenters. The fourth-order valence-electron chi connectivity index (χ4n) is 2.09. The van der Waals surface area contributed by atoms with Crippen LogP contribution >= 0.6 is 0 Å². The summed E-state index contributed by atoms with van der Waals surface area (Å²) in [5.41, 5.74) is 2.41. The molecule has 0 aliphatic carbocycles. The Bertz CT molecular complexity index is 614. The number of aryl methyl sites for hydroxylation is 1. The van der Waals surface area contributed by atoms with Gasteiger partial charge in [0.15, 0.2) is 11.6 Å². The quantitative estimate of drug-likeness (QED) is 0.869. The van der Waals surface area contributed by atoms with Crippen LogP contribution in [0.5, 0.6) is 5.75 Å². The molecule has 2 nitrogen and oxygen atoms in total. The summed E-state index contributed by atoms with van der Waals surface area (Å²) < 4.78 is 32.6. The lowest BCUT2D eigenvalue weighted by Crippen LogP contribution is -2.13. The van der Waals surface area contributed by atoms with Crippen LogP contribution in [-0.2, 0) is 13.2 Å². The molecule has 21 heavy (non-hydrogen) atoms. The van der Waals surface area contributed by atoms with Crippen molar-refractivity contribution in [1.29, 1.82) is 0 Å². The lowest BCUT2D eigenvalue weighted by molar-refractivity contribution is 0.285. The molecule has 1 N–H and O–H groups in total. The molecule has 2 aromatic carbocycles. The SMILES string of the molecule is CCNCc1cccc(F)c1OCc1ccc(F)cc1C. The Kier molecular flexibility index (Phi) is 5.28. The Morgan fingerprint density at radius 3 is 2.62 bits per heavy atom. The number of benzene rings is 2. The maximum atomic E-state index is 13.9. The van der Waals surface area contributed by atoms with Gasteiger partial charge in [0.05, 0.1) is 0 Å². The van der Waals surface area contributed by atoms with Gasteiger partial charge in [-0.15, -0.1) is 0 Å². The molecule has 0 bridgehead atoms. The van der Waals surface area contributed by atoms with Gasteiger partial charge in [-0.1, -0.05) is 25.1 Å². The summed E-state index contributed by atoms with van der Waals surface area (Å²) in [4.78, 5) is 0. The summed E-state index contributed by atoms with van der Waals surface area (Å²) in [6.45, 7) is 5.36. The molecule has 0 spiro atoms. The first-order valence-corrected chi connectivity index (χ1v) is 6.97. The van der Waals surface area contributed by atoms with Crippen molar-refractivity contribution >= 4 is 0 Å². The van der Waals surface area contributed by atoms with Crippen LogP contribution in [0.2, 0.25) is 0 Å². The summed E-state index contributed by atoms with van der Waals surface area (Å²) >= 11 is 0. The van der Waals surface area contributed by atoms with Gasteiger partial charge in [-0.2, -0.15) is 0 Å². The van der Waals surface area contributed by atoms with Crippen LogP contribution in [0.4, 0.5) is 8.78 Å². The molecule has 0 heterocycles. The average molecular weight is 291 g/mol. The van der Waals surface area contributed by atoms with Gasteiger partial charge >= 0.3 is 0 Å². The van der Waals surface area contributed by atoms with Crippen LogP contribution in [0.15, 0.2) is 36.4 Å². The molecule has 0 amide bonds. The second-order valence-corrected chi connectivity index (χ2v) is 4.87.